The molecule has 1 aliphatic heterocycles. The molecule has 1 N–H and O–H groups in total. The van der Waals surface area contributed by atoms with E-state index in [-0.39, 0.29) is 54.0 Å². The van der Waals surface area contributed by atoms with E-state index in [2.05, 4.69) is 27.2 Å². The van der Waals surface area contributed by atoms with Crippen LogP contribution in [0.25, 0.3) is 11.2 Å². The van der Waals surface area contributed by atoms with Crippen LogP contribution in [0.4, 0.5) is 5.82 Å². The molecule has 1 saturated heterocycles. The van der Waals surface area contributed by atoms with Crippen molar-refractivity contribution < 1.29 is 28.6 Å². The summed E-state index contributed by atoms with van der Waals surface area (Å²) in [6.45, 7) is 4.34. The van der Waals surface area contributed by atoms with Gasteiger partial charge in [0.05, 0.1) is 24.8 Å². The fourth-order valence-corrected chi connectivity index (χ4v) is 11.1. The van der Waals surface area contributed by atoms with E-state index in [0.717, 1.165) is 83.5 Å². The molecule has 2 aromatic rings. The van der Waals surface area contributed by atoms with Gasteiger partial charge in [-0.2, -0.15) is 9.97 Å². The minimum absolute atomic E-state index is 0.00614. The van der Waals surface area contributed by atoms with Crippen molar-refractivity contribution in [1.29, 1.82) is 0 Å². The number of nitrogens with zero attached hydrogens (tertiary/aromatic N) is 4. The van der Waals surface area contributed by atoms with Crippen molar-refractivity contribution in [2.75, 3.05) is 18.5 Å². The van der Waals surface area contributed by atoms with Crippen LogP contribution in [-0.2, 0) is 28.6 Å². The first kappa shape index (κ1) is 39.4. The van der Waals surface area contributed by atoms with Gasteiger partial charge in [-0.1, -0.05) is 65.2 Å². The van der Waals surface area contributed by atoms with E-state index in [1.54, 1.807) is 6.33 Å². The lowest BCUT2D eigenvalue weighted by Gasteiger charge is -2.41. The van der Waals surface area contributed by atoms with Crippen molar-refractivity contribution in [3.05, 3.63) is 11.6 Å². The zero-order valence-electron chi connectivity index (χ0n) is 32.7. The van der Waals surface area contributed by atoms with E-state index >= 15 is 0 Å². The van der Waals surface area contributed by atoms with Crippen LogP contribution in [0.3, 0.4) is 0 Å². The predicted octanol–water partition coefficient (Wildman–Crippen LogP) is 9.46. The molecular weight excluding hydrogens is 706 g/mol. The maximum Gasteiger partial charge on any atom is 0.309 e. The summed E-state index contributed by atoms with van der Waals surface area (Å²) in [6.07, 6.45) is 24.9. The first-order valence-corrected chi connectivity index (χ1v) is 21.8. The molecule has 7 rings (SSSR count). The summed E-state index contributed by atoms with van der Waals surface area (Å²) in [4.78, 5) is 54.3. The Labute approximate surface area is 325 Å². The van der Waals surface area contributed by atoms with Crippen LogP contribution in [0, 0.1) is 22.7 Å². The van der Waals surface area contributed by atoms with E-state index in [9.17, 15) is 14.4 Å². The van der Waals surface area contributed by atoms with E-state index in [4.69, 9.17) is 25.8 Å². The fraction of sp³-hybridized carbons (Fsp3) is 0.810. The number of unbranched alkanes of at least 4 members (excludes halogenated alkanes) is 4. The van der Waals surface area contributed by atoms with Crippen LogP contribution in [0.5, 0.6) is 0 Å². The van der Waals surface area contributed by atoms with Crippen molar-refractivity contribution in [2.24, 2.45) is 22.7 Å². The molecule has 0 radical (unpaired) electrons. The van der Waals surface area contributed by atoms with Crippen LogP contribution in [0.2, 0.25) is 5.28 Å². The van der Waals surface area contributed by atoms with E-state index < -0.39 is 17.7 Å². The summed E-state index contributed by atoms with van der Waals surface area (Å²) in [5.41, 5.74) is 0.474. The first-order chi connectivity index (χ1) is 26.2. The van der Waals surface area contributed by atoms with E-state index in [1.165, 1.54) is 51.4 Å². The molecule has 2 spiro atoms. The van der Waals surface area contributed by atoms with Crippen LogP contribution in [0.15, 0.2) is 6.33 Å². The Morgan fingerprint density at radius 3 is 2.07 bits per heavy atom. The Morgan fingerprint density at radius 2 is 1.46 bits per heavy atom. The lowest BCUT2D eigenvalue weighted by atomic mass is 9.69. The second-order valence-corrected chi connectivity index (χ2v) is 17.9. The maximum absolute atomic E-state index is 14.2. The fourth-order valence-electron chi connectivity index (χ4n) is 10.9. The zero-order chi connectivity index (χ0) is 37.8. The molecular formula is C42H62ClN5O6. The van der Waals surface area contributed by atoms with E-state index in [1.807, 2.05) is 11.5 Å². The molecule has 1 amide bonds. The monoisotopic (exact) mass is 767 g/mol. The first-order valence-electron chi connectivity index (χ1n) is 21.4. The van der Waals surface area contributed by atoms with Crippen molar-refractivity contribution >= 4 is 46.4 Å². The number of hydrogen-bond donors (Lipinski definition) is 1. The third-order valence-corrected chi connectivity index (χ3v) is 14.5. The number of imidazole rings is 1. The van der Waals surface area contributed by atoms with Gasteiger partial charge in [0, 0.05) is 6.42 Å². The summed E-state index contributed by atoms with van der Waals surface area (Å²) in [5.74, 6) is -0.592. The van der Waals surface area contributed by atoms with Crippen molar-refractivity contribution in [2.45, 2.75) is 179 Å². The molecule has 4 saturated carbocycles. The van der Waals surface area contributed by atoms with Crippen molar-refractivity contribution in [3.63, 3.8) is 0 Å². The Bertz CT molecular complexity index is 1620. The summed E-state index contributed by atoms with van der Waals surface area (Å²) < 4.78 is 21.1. The second kappa shape index (κ2) is 17.1. The average Bonchev–Trinajstić information content (AvgIpc) is 3.99. The lowest BCUT2D eigenvalue weighted by Crippen LogP contribution is -2.51. The molecule has 54 heavy (non-hydrogen) atoms. The highest BCUT2D eigenvalue weighted by Crippen LogP contribution is 2.52. The Morgan fingerprint density at radius 1 is 0.852 bits per heavy atom. The number of amides is 1. The van der Waals surface area contributed by atoms with E-state index in [0.29, 0.717) is 34.8 Å². The predicted molar refractivity (Wildman–Crippen MR) is 207 cm³/mol. The number of carbonyl (C=O) groups excluding carboxylic acids is 3. The largest absolute Gasteiger partial charge is 0.463 e. The molecule has 0 bridgehead atoms. The van der Waals surface area contributed by atoms with Crippen LogP contribution in [0.1, 0.15) is 168 Å². The highest BCUT2D eigenvalue weighted by molar-refractivity contribution is 6.28. The number of aromatic nitrogens is 4. The molecule has 5 fully saturated rings. The normalized spacial score (nSPS) is 27.9. The van der Waals surface area contributed by atoms with Gasteiger partial charge in [0.1, 0.15) is 18.8 Å². The lowest BCUT2D eigenvalue weighted by molar-refractivity contribution is -0.182. The number of nitrogens with one attached hydrogen (secondary N) is 1. The average molecular weight is 768 g/mol. The van der Waals surface area contributed by atoms with Crippen molar-refractivity contribution in [1.82, 2.24) is 19.5 Å². The van der Waals surface area contributed by atoms with Gasteiger partial charge in [-0.3, -0.25) is 14.4 Å². The third-order valence-electron chi connectivity index (χ3n) is 14.4. The number of hydrogen-bond acceptors (Lipinski definition) is 9. The van der Waals surface area contributed by atoms with Gasteiger partial charge in [0.25, 0.3) is 0 Å². The second-order valence-electron chi connectivity index (χ2n) is 17.5. The molecule has 5 aliphatic rings. The molecule has 11 nitrogen and oxygen atoms in total. The number of ether oxygens (including phenoxy) is 3. The van der Waals surface area contributed by atoms with Gasteiger partial charge in [-0.15, -0.1) is 0 Å². The molecule has 3 heterocycles. The molecule has 298 valence electrons. The van der Waals surface area contributed by atoms with Gasteiger partial charge in [-0.05, 0) is 112 Å². The Hall–Kier alpha value is -2.79. The third kappa shape index (κ3) is 8.33. The number of carbonyl (C=O) groups is 3. The molecule has 3 atom stereocenters. The SMILES string of the molecule is CCCCCCCC(=O)Nc1nc(Cl)nc2c1ncn2C1CO[C@H](COC(=O)C2CCC3(CCCC3)CC2)[C@@]1(CC)OC(=O)C1CCC2(CCCC2)CC1. The highest BCUT2D eigenvalue weighted by atomic mass is 35.5. The number of esters is 2. The number of halogens is 1. The maximum atomic E-state index is 14.2. The molecule has 1 unspecified atom stereocenters. The molecule has 0 aromatic carbocycles. The summed E-state index contributed by atoms with van der Waals surface area (Å²) >= 11 is 6.48. The van der Waals surface area contributed by atoms with Crippen molar-refractivity contribution in [3.8, 4) is 0 Å². The molecule has 12 heteroatoms. The quantitative estimate of drug-likeness (QED) is 0.113. The summed E-state index contributed by atoms with van der Waals surface area (Å²) in [7, 11) is 0. The van der Waals surface area contributed by atoms with Gasteiger partial charge in [-0.25, -0.2) is 4.98 Å². The number of anilines is 1. The number of rotatable bonds is 14. The zero-order valence-corrected chi connectivity index (χ0v) is 33.4. The molecule has 2 aromatic heterocycles. The summed E-state index contributed by atoms with van der Waals surface area (Å²) in [6, 6.07) is -0.532. The highest BCUT2D eigenvalue weighted by Gasteiger charge is 2.57. The van der Waals surface area contributed by atoms with Crippen LogP contribution >= 0.6 is 11.6 Å². The van der Waals surface area contributed by atoms with Gasteiger partial charge in [0.15, 0.2) is 22.6 Å². The van der Waals surface area contributed by atoms with Gasteiger partial charge >= 0.3 is 11.9 Å². The number of fused-ring (bicyclic) bond motifs is 1. The van der Waals surface area contributed by atoms with Gasteiger partial charge in [0.2, 0.25) is 11.2 Å². The molecule has 4 aliphatic carbocycles. The minimum atomic E-state index is -1.16. The topological polar surface area (TPSA) is 135 Å². The van der Waals surface area contributed by atoms with Crippen LogP contribution in [-0.4, -0.2) is 62.3 Å². The Balaban J connectivity index is 1.10. The van der Waals surface area contributed by atoms with Gasteiger partial charge < -0.3 is 24.1 Å². The van der Waals surface area contributed by atoms with Crippen LogP contribution < -0.4 is 5.32 Å². The minimum Gasteiger partial charge on any atom is -0.463 e. The smallest absolute Gasteiger partial charge is 0.309 e. The summed E-state index contributed by atoms with van der Waals surface area (Å²) in [5, 5.41) is 2.89. The standard InChI is InChI=1S/C42H62ClN5O6/c1-3-5-6-7-8-13-33(49)45-35-34-36(47-39(43)46-35)48(28-44-34)31-26-52-32(27-53-37(50)29-14-22-40(23-15-29)18-9-10-19-40)42(31,4-2)54-38(51)30-16-24-41(25-17-30)20-11-12-21-41/h28-32H,3-27H2,1-2H3,(H,45,46,47,49)/t31?,32-,42+/m1/s1. The Kier molecular flexibility index (Phi) is 12.5.